The fourth-order valence-electron chi connectivity index (χ4n) is 2.91. The predicted octanol–water partition coefficient (Wildman–Crippen LogP) is 0.293. The molecule has 11 heteroatoms. The van der Waals surface area contributed by atoms with Crippen LogP contribution in [0.5, 0.6) is 5.88 Å². The van der Waals surface area contributed by atoms with Gasteiger partial charge in [-0.05, 0) is 25.1 Å². The summed E-state index contributed by atoms with van der Waals surface area (Å²) in [7, 11) is 0. The van der Waals surface area contributed by atoms with Crippen LogP contribution in [0.4, 0.5) is 5.95 Å². The van der Waals surface area contributed by atoms with Crippen LogP contribution in [0.2, 0.25) is 0 Å². The fourth-order valence-corrected chi connectivity index (χ4v) is 2.91. The topological polar surface area (TPSA) is 120 Å². The van der Waals surface area contributed by atoms with Gasteiger partial charge in [-0.1, -0.05) is 0 Å². The standard InChI is InChI=1S/C19H22N8O3/c1-14-11-15(23-19(22-14)26-7-9-29-10-8-26)12-20-17(28)13-30-18-4-3-16(24-25-18)27-6-2-5-21-27/h2-6,11H,7-10,12-13H2,1H3,(H,20,28). The van der Waals surface area contributed by atoms with Crippen molar-refractivity contribution in [2.75, 3.05) is 37.8 Å². The summed E-state index contributed by atoms with van der Waals surface area (Å²) in [6.07, 6.45) is 3.41. The minimum absolute atomic E-state index is 0.170. The number of aromatic nitrogens is 6. The van der Waals surface area contributed by atoms with Crippen LogP contribution in [-0.2, 0) is 16.1 Å². The lowest BCUT2D eigenvalue weighted by Gasteiger charge is -2.27. The van der Waals surface area contributed by atoms with Crippen LogP contribution in [-0.4, -0.2) is 68.8 Å². The molecule has 0 spiro atoms. The van der Waals surface area contributed by atoms with Gasteiger partial charge in [-0.15, -0.1) is 10.2 Å². The highest BCUT2D eigenvalue weighted by molar-refractivity contribution is 5.77. The smallest absolute Gasteiger partial charge is 0.258 e. The summed E-state index contributed by atoms with van der Waals surface area (Å²) in [4.78, 5) is 23.3. The zero-order valence-electron chi connectivity index (χ0n) is 16.6. The van der Waals surface area contributed by atoms with E-state index in [1.54, 1.807) is 35.3 Å². The Hall–Kier alpha value is -3.60. The number of amides is 1. The Morgan fingerprint density at radius 2 is 2.10 bits per heavy atom. The van der Waals surface area contributed by atoms with Crippen molar-refractivity contribution in [2.24, 2.45) is 0 Å². The number of nitrogens with zero attached hydrogens (tertiary/aromatic N) is 7. The van der Waals surface area contributed by atoms with Crippen molar-refractivity contribution in [3.05, 3.63) is 48.0 Å². The number of ether oxygens (including phenoxy) is 2. The third-order valence-corrected chi connectivity index (χ3v) is 4.37. The highest BCUT2D eigenvalue weighted by Gasteiger charge is 2.15. The molecule has 0 bridgehead atoms. The summed E-state index contributed by atoms with van der Waals surface area (Å²) in [5, 5.41) is 14.8. The summed E-state index contributed by atoms with van der Waals surface area (Å²) in [6, 6.07) is 6.99. The maximum atomic E-state index is 12.1. The first-order valence-corrected chi connectivity index (χ1v) is 9.58. The molecular formula is C19H22N8O3. The summed E-state index contributed by atoms with van der Waals surface area (Å²) in [5.74, 6) is 1.20. The normalized spacial score (nSPS) is 13.8. The van der Waals surface area contributed by atoms with Crippen LogP contribution < -0.4 is 15.0 Å². The van der Waals surface area contributed by atoms with Crippen LogP contribution in [0.3, 0.4) is 0 Å². The number of carbonyl (C=O) groups excluding carboxylic acids is 1. The molecule has 0 radical (unpaired) electrons. The first-order valence-electron chi connectivity index (χ1n) is 9.58. The van der Waals surface area contributed by atoms with Crippen LogP contribution in [0.25, 0.3) is 5.82 Å². The average molecular weight is 410 g/mol. The number of aryl methyl sites for hydroxylation is 1. The molecule has 1 aliphatic rings. The number of anilines is 1. The molecule has 1 fully saturated rings. The Morgan fingerprint density at radius 1 is 1.23 bits per heavy atom. The molecule has 1 N–H and O–H groups in total. The van der Waals surface area contributed by atoms with E-state index in [4.69, 9.17) is 9.47 Å². The van der Waals surface area contributed by atoms with Crippen molar-refractivity contribution in [2.45, 2.75) is 13.5 Å². The monoisotopic (exact) mass is 410 g/mol. The Morgan fingerprint density at radius 3 is 2.83 bits per heavy atom. The average Bonchev–Trinajstić information content (AvgIpc) is 3.32. The Bertz CT molecular complexity index is 972. The van der Waals surface area contributed by atoms with Crippen molar-refractivity contribution in [3.8, 4) is 11.7 Å². The minimum Gasteiger partial charge on any atom is -0.466 e. The van der Waals surface area contributed by atoms with E-state index in [1.807, 2.05) is 13.0 Å². The van der Waals surface area contributed by atoms with Crippen molar-refractivity contribution in [3.63, 3.8) is 0 Å². The van der Waals surface area contributed by atoms with E-state index in [0.29, 0.717) is 25.0 Å². The molecule has 3 aromatic heterocycles. The lowest BCUT2D eigenvalue weighted by molar-refractivity contribution is -0.123. The van der Waals surface area contributed by atoms with Crippen molar-refractivity contribution in [1.82, 2.24) is 35.3 Å². The van der Waals surface area contributed by atoms with Crippen molar-refractivity contribution >= 4 is 11.9 Å². The van der Waals surface area contributed by atoms with Gasteiger partial charge in [-0.2, -0.15) is 5.10 Å². The number of nitrogens with one attached hydrogen (secondary N) is 1. The SMILES string of the molecule is Cc1cc(CNC(=O)COc2ccc(-n3cccn3)nn2)nc(N2CCOCC2)n1. The summed E-state index contributed by atoms with van der Waals surface area (Å²) < 4.78 is 12.4. The van der Waals surface area contributed by atoms with E-state index in [1.165, 1.54) is 0 Å². The van der Waals surface area contributed by atoms with Gasteiger partial charge in [0.05, 0.1) is 25.5 Å². The number of rotatable bonds is 7. The number of carbonyl (C=O) groups is 1. The second-order valence-electron chi connectivity index (χ2n) is 6.65. The zero-order chi connectivity index (χ0) is 20.8. The molecule has 0 aliphatic carbocycles. The molecule has 0 atom stereocenters. The van der Waals surface area contributed by atoms with Gasteiger partial charge < -0.3 is 19.7 Å². The summed E-state index contributed by atoms with van der Waals surface area (Å²) in [5.41, 5.74) is 1.58. The molecule has 0 saturated carbocycles. The Labute approximate surface area is 173 Å². The first-order chi connectivity index (χ1) is 14.7. The molecule has 0 aromatic carbocycles. The van der Waals surface area contributed by atoms with Gasteiger partial charge in [0.15, 0.2) is 12.4 Å². The largest absolute Gasteiger partial charge is 0.466 e. The van der Waals surface area contributed by atoms with Gasteiger partial charge >= 0.3 is 0 Å². The number of morpholine rings is 1. The van der Waals surface area contributed by atoms with E-state index in [-0.39, 0.29) is 24.9 Å². The molecule has 30 heavy (non-hydrogen) atoms. The van der Waals surface area contributed by atoms with Crippen LogP contribution in [0.1, 0.15) is 11.4 Å². The Kier molecular flexibility index (Phi) is 6.09. The molecule has 1 aliphatic heterocycles. The van der Waals surface area contributed by atoms with Gasteiger partial charge in [0.2, 0.25) is 11.8 Å². The molecular weight excluding hydrogens is 388 g/mol. The molecule has 1 amide bonds. The maximum absolute atomic E-state index is 12.1. The van der Waals surface area contributed by atoms with Gasteiger partial charge in [-0.3, -0.25) is 4.79 Å². The summed E-state index contributed by atoms with van der Waals surface area (Å²) in [6.45, 7) is 4.85. The van der Waals surface area contributed by atoms with E-state index in [9.17, 15) is 4.79 Å². The van der Waals surface area contributed by atoms with Gasteiger partial charge in [0.1, 0.15) is 0 Å². The van der Waals surface area contributed by atoms with Gasteiger partial charge in [0.25, 0.3) is 5.91 Å². The third kappa shape index (κ3) is 5.06. The fraction of sp³-hybridized carbons (Fsp3) is 0.368. The quantitative estimate of drug-likeness (QED) is 0.586. The molecule has 156 valence electrons. The van der Waals surface area contributed by atoms with E-state index in [2.05, 4.69) is 35.5 Å². The molecule has 11 nitrogen and oxygen atoms in total. The highest BCUT2D eigenvalue weighted by Crippen LogP contribution is 2.12. The highest BCUT2D eigenvalue weighted by atomic mass is 16.5. The molecule has 4 rings (SSSR count). The number of hydrogen-bond acceptors (Lipinski definition) is 9. The third-order valence-electron chi connectivity index (χ3n) is 4.37. The molecule has 0 unspecified atom stereocenters. The molecule has 4 heterocycles. The van der Waals surface area contributed by atoms with Crippen molar-refractivity contribution in [1.29, 1.82) is 0 Å². The van der Waals surface area contributed by atoms with E-state index in [0.717, 1.165) is 24.5 Å². The zero-order valence-corrected chi connectivity index (χ0v) is 16.6. The summed E-state index contributed by atoms with van der Waals surface area (Å²) >= 11 is 0. The lowest BCUT2D eigenvalue weighted by Crippen LogP contribution is -2.37. The second kappa shape index (κ2) is 9.27. The predicted molar refractivity (Wildman–Crippen MR) is 106 cm³/mol. The van der Waals surface area contributed by atoms with E-state index < -0.39 is 0 Å². The van der Waals surface area contributed by atoms with Crippen LogP contribution >= 0.6 is 0 Å². The Balaban J connectivity index is 1.28. The maximum Gasteiger partial charge on any atom is 0.258 e. The molecule has 3 aromatic rings. The lowest BCUT2D eigenvalue weighted by atomic mass is 10.3. The minimum atomic E-state index is -0.280. The first kappa shape index (κ1) is 19.7. The van der Waals surface area contributed by atoms with Crippen LogP contribution in [0.15, 0.2) is 36.7 Å². The van der Waals surface area contributed by atoms with Crippen LogP contribution in [0, 0.1) is 6.92 Å². The second-order valence-corrected chi connectivity index (χ2v) is 6.65. The number of hydrogen-bond donors (Lipinski definition) is 1. The van der Waals surface area contributed by atoms with E-state index >= 15 is 0 Å². The van der Waals surface area contributed by atoms with Gasteiger partial charge in [0, 0.05) is 37.2 Å². The van der Waals surface area contributed by atoms with Gasteiger partial charge in [-0.25, -0.2) is 14.6 Å². The molecule has 1 saturated heterocycles. The van der Waals surface area contributed by atoms with Crippen molar-refractivity contribution < 1.29 is 14.3 Å².